The van der Waals surface area contributed by atoms with Gasteiger partial charge in [-0.15, -0.1) is 0 Å². The molecule has 236 valence electrons. The van der Waals surface area contributed by atoms with Crippen LogP contribution in [0, 0.1) is 0 Å². The van der Waals surface area contributed by atoms with Crippen molar-refractivity contribution in [1.29, 1.82) is 0 Å². The quantitative estimate of drug-likeness (QED) is 0.300. The summed E-state index contributed by atoms with van der Waals surface area (Å²) in [5, 5.41) is 4.26. The number of fused-ring (bicyclic) bond motifs is 1. The number of likely N-dealkylation sites (tertiary alicyclic amines) is 1. The fourth-order valence-corrected chi connectivity index (χ4v) is 5.63. The highest BCUT2D eigenvalue weighted by Crippen LogP contribution is 2.38. The van der Waals surface area contributed by atoms with Crippen molar-refractivity contribution in [2.45, 2.75) is 31.5 Å². The van der Waals surface area contributed by atoms with E-state index in [0.717, 1.165) is 12.8 Å². The van der Waals surface area contributed by atoms with Gasteiger partial charge in [0.05, 0.1) is 51.1 Å². The van der Waals surface area contributed by atoms with Crippen LogP contribution in [0.5, 0.6) is 11.5 Å². The predicted molar refractivity (Wildman–Crippen MR) is 169 cm³/mol. The lowest BCUT2D eigenvalue weighted by atomic mass is 10.0. The van der Waals surface area contributed by atoms with Crippen molar-refractivity contribution in [2.75, 3.05) is 73.1 Å². The van der Waals surface area contributed by atoms with Gasteiger partial charge in [-0.05, 0) is 39.1 Å². The first kappa shape index (κ1) is 31.7. The van der Waals surface area contributed by atoms with Crippen molar-refractivity contribution in [3.05, 3.63) is 51.9 Å². The number of pyridine rings is 1. The highest BCUT2D eigenvalue weighted by Gasteiger charge is 2.26. The Morgan fingerprint density at radius 2 is 2.05 bits per heavy atom. The Balaban J connectivity index is 1.41. The molecule has 1 amide bonds. The van der Waals surface area contributed by atoms with E-state index >= 15 is 0 Å². The first-order valence-corrected chi connectivity index (χ1v) is 15.0. The molecular formula is C31H39ClN6O6. The first-order valence-electron chi connectivity index (χ1n) is 14.7. The number of benzene rings is 1. The molecule has 2 aliphatic rings. The van der Waals surface area contributed by atoms with Gasteiger partial charge in [-0.25, -0.2) is 4.98 Å². The Labute approximate surface area is 261 Å². The number of amides is 1. The SMILES string of the molecule is COc1cc(OC)c(Cl)c(-c2cc3cnc(NC4CCOC4)nc3n(CCOC3CCN(C(=O)C=CCN(C)C)C3)c2=O)c1. The summed E-state index contributed by atoms with van der Waals surface area (Å²) in [5.74, 6) is 1.29. The standard InChI is InChI=1S/C31H39ClN6O6/c1-36(2)9-5-6-27(39)37-10-7-22(18-37)44-13-11-38-29-20(17-33-31(35-29)34-21-8-12-43-19-21)14-25(30(38)40)24-15-23(41-3)16-26(42-4)28(24)32/h5-6,14-17,21-22H,7-13,18-19H2,1-4H3,(H,33,34,35). The number of carbonyl (C=O) groups excluding carboxylic acids is 1. The van der Waals surface area contributed by atoms with Crippen molar-refractivity contribution in [3.63, 3.8) is 0 Å². The van der Waals surface area contributed by atoms with Gasteiger partial charge in [-0.2, -0.15) is 4.98 Å². The van der Waals surface area contributed by atoms with Gasteiger partial charge in [0, 0.05) is 61.1 Å². The summed E-state index contributed by atoms with van der Waals surface area (Å²) in [6.07, 6.45) is 6.61. The molecule has 0 spiro atoms. The van der Waals surface area contributed by atoms with Crippen LogP contribution in [0.1, 0.15) is 12.8 Å². The molecular weight excluding hydrogens is 588 g/mol. The molecule has 0 radical (unpaired) electrons. The third kappa shape index (κ3) is 7.32. The maximum Gasteiger partial charge on any atom is 0.260 e. The van der Waals surface area contributed by atoms with Gasteiger partial charge in [0.2, 0.25) is 11.9 Å². The number of hydrogen-bond acceptors (Lipinski definition) is 10. The summed E-state index contributed by atoms with van der Waals surface area (Å²) in [6.45, 7) is 3.56. The summed E-state index contributed by atoms with van der Waals surface area (Å²) in [6, 6.07) is 5.22. The van der Waals surface area contributed by atoms with Crippen LogP contribution >= 0.6 is 11.6 Å². The zero-order valence-corrected chi connectivity index (χ0v) is 26.3. The topological polar surface area (TPSA) is 120 Å². The van der Waals surface area contributed by atoms with Gasteiger partial charge < -0.3 is 34.1 Å². The lowest BCUT2D eigenvalue weighted by molar-refractivity contribution is -0.125. The monoisotopic (exact) mass is 626 g/mol. The number of halogens is 1. The molecule has 44 heavy (non-hydrogen) atoms. The minimum Gasteiger partial charge on any atom is -0.497 e. The van der Waals surface area contributed by atoms with Crippen molar-refractivity contribution in [2.24, 2.45) is 0 Å². The van der Waals surface area contributed by atoms with Crippen molar-refractivity contribution in [3.8, 4) is 22.6 Å². The van der Waals surface area contributed by atoms with Gasteiger partial charge in [-0.1, -0.05) is 17.7 Å². The summed E-state index contributed by atoms with van der Waals surface area (Å²) >= 11 is 6.70. The highest BCUT2D eigenvalue weighted by atomic mass is 35.5. The molecule has 0 bridgehead atoms. The van der Waals surface area contributed by atoms with Gasteiger partial charge in [0.15, 0.2) is 0 Å². The molecule has 5 rings (SSSR count). The Bertz CT molecular complexity index is 1570. The molecule has 3 aromatic rings. The molecule has 1 aromatic carbocycles. The van der Waals surface area contributed by atoms with Crippen molar-refractivity contribution < 1.29 is 23.7 Å². The van der Waals surface area contributed by atoms with Crippen LogP contribution in [-0.4, -0.2) is 110 Å². The number of aromatic nitrogens is 3. The number of nitrogens with zero attached hydrogens (tertiary/aromatic N) is 5. The van der Waals surface area contributed by atoms with E-state index in [1.807, 2.05) is 25.1 Å². The molecule has 2 atom stereocenters. The number of carbonyl (C=O) groups is 1. The third-order valence-corrected chi connectivity index (χ3v) is 8.09. The van der Waals surface area contributed by atoms with Gasteiger partial charge in [0.1, 0.15) is 17.1 Å². The minimum atomic E-state index is -0.290. The number of hydrogen-bond donors (Lipinski definition) is 1. The maximum absolute atomic E-state index is 14.1. The molecule has 0 aliphatic carbocycles. The zero-order valence-electron chi connectivity index (χ0n) is 25.5. The number of anilines is 1. The number of methoxy groups -OCH3 is 2. The van der Waals surface area contributed by atoms with Crippen LogP contribution < -0.4 is 20.3 Å². The molecule has 4 heterocycles. The number of rotatable bonds is 12. The second kappa shape index (κ2) is 14.4. The average Bonchev–Trinajstić information content (AvgIpc) is 3.71. The smallest absolute Gasteiger partial charge is 0.260 e. The highest BCUT2D eigenvalue weighted by molar-refractivity contribution is 6.35. The molecule has 2 unspecified atom stereocenters. The predicted octanol–water partition coefficient (Wildman–Crippen LogP) is 3.07. The summed E-state index contributed by atoms with van der Waals surface area (Å²) < 4.78 is 24.1. The van der Waals surface area contributed by atoms with E-state index < -0.39 is 0 Å². The molecule has 13 heteroatoms. The average molecular weight is 627 g/mol. The maximum atomic E-state index is 14.1. The van der Waals surface area contributed by atoms with Crippen LogP contribution in [-0.2, 0) is 20.8 Å². The molecule has 2 saturated heterocycles. The molecule has 12 nitrogen and oxygen atoms in total. The van der Waals surface area contributed by atoms with Gasteiger partial charge in [0.25, 0.3) is 5.56 Å². The first-order chi connectivity index (χ1) is 21.3. The summed E-state index contributed by atoms with van der Waals surface area (Å²) in [4.78, 5) is 39.7. The largest absolute Gasteiger partial charge is 0.497 e. The Hall–Kier alpha value is -3.71. The zero-order chi connectivity index (χ0) is 31.2. The molecule has 0 saturated carbocycles. The van der Waals surface area contributed by atoms with Crippen LogP contribution in [0.15, 0.2) is 41.3 Å². The van der Waals surface area contributed by atoms with Crippen LogP contribution in [0.3, 0.4) is 0 Å². The second-order valence-corrected chi connectivity index (χ2v) is 11.5. The summed E-state index contributed by atoms with van der Waals surface area (Å²) in [5.41, 5.74) is 1.01. The Kier molecular flexibility index (Phi) is 10.4. The molecule has 2 fully saturated rings. The molecule has 2 aliphatic heterocycles. The van der Waals surface area contributed by atoms with E-state index in [0.29, 0.717) is 77.5 Å². The van der Waals surface area contributed by atoms with E-state index in [4.69, 9.17) is 35.5 Å². The van der Waals surface area contributed by atoms with Crippen LogP contribution in [0.4, 0.5) is 5.95 Å². The van der Waals surface area contributed by atoms with E-state index in [1.165, 1.54) is 14.2 Å². The van der Waals surface area contributed by atoms with Gasteiger partial charge >= 0.3 is 0 Å². The van der Waals surface area contributed by atoms with E-state index in [1.54, 1.807) is 39.9 Å². The lowest BCUT2D eigenvalue weighted by Gasteiger charge is -2.18. The minimum absolute atomic E-state index is 0.0251. The fraction of sp³-hybridized carbons (Fsp3) is 0.484. The van der Waals surface area contributed by atoms with E-state index in [9.17, 15) is 9.59 Å². The normalized spacial score (nSPS) is 18.5. The van der Waals surface area contributed by atoms with E-state index in [-0.39, 0.29) is 36.8 Å². The number of nitrogens with one attached hydrogen (secondary N) is 1. The van der Waals surface area contributed by atoms with Crippen LogP contribution in [0.25, 0.3) is 22.2 Å². The number of likely N-dealkylation sites (N-methyl/N-ethyl adjacent to an activating group) is 1. The van der Waals surface area contributed by atoms with E-state index in [2.05, 4.69) is 10.3 Å². The Morgan fingerprint density at radius 1 is 1.20 bits per heavy atom. The van der Waals surface area contributed by atoms with Crippen molar-refractivity contribution in [1.82, 2.24) is 24.3 Å². The second-order valence-electron chi connectivity index (χ2n) is 11.1. The molecule has 2 aromatic heterocycles. The molecule has 1 N–H and O–H groups in total. The van der Waals surface area contributed by atoms with Crippen molar-refractivity contribution >= 4 is 34.5 Å². The Morgan fingerprint density at radius 3 is 2.77 bits per heavy atom. The fourth-order valence-electron chi connectivity index (χ4n) is 5.34. The van der Waals surface area contributed by atoms with Gasteiger partial charge in [-0.3, -0.25) is 14.2 Å². The van der Waals surface area contributed by atoms with Crippen LogP contribution in [0.2, 0.25) is 5.02 Å². The summed E-state index contributed by atoms with van der Waals surface area (Å²) in [7, 11) is 6.96. The third-order valence-electron chi connectivity index (χ3n) is 7.70. The lowest BCUT2D eigenvalue weighted by Crippen LogP contribution is -2.30. The number of ether oxygens (including phenoxy) is 4.